The predicted octanol–water partition coefficient (Wildman–Crippen LogP) is 2.37. The van der Waals surface area contributed by atoms with E-state index in [4.69, 9.17) is 10.5 Å². The van der Waals surface area contributed by atoms with Crippen LogP contribution >= 0.6 is 0 Å². The van der Waals surface area contributed by atoms with Gasteiger partial charge in [0.15, 0.2) is 11.5 Å². The maximum atomic E-state index is 14.7. The SMILES string of the molecule is COCCNc1cnc(C2=C(F)C=C(F)C(=C(C)C3CCN(C)C3=O)C2)nc1C(N)=O. The molecular formula is C21H25F2N5O3. The second kappa shape index (κ2) is 9.34. The largest absolute Gasteiger partial charge is 0.383 e. The number of aromatic nitrogens is 2. The van der Waals surface area contributed by atoms with Gasteiger partial charge in [-0.2, -0.15) is 0 Å². The van der Waals surface area contributed by atoms with Gasteiger partial charge < -0.3 is 20.7 Å². The number of allylic oxidation sites excluding steroid dienone is 5. The van der Waals surface area contributed by atoms with Crippen molar-refractivity contribution >= 4 is 23.1 Å². The van der Waals surface area contributed by atoms with Crippen molar-refractivity contribution in [3.05, 3.63) is 46.6 Å². The number of nitrogens with one attached hydrogen (secondary N) is 1. The molecule has 31 heavy (non-hydrogen) atoms. The third-order valence-corrected chi connectivity index (χ3v) is 5.52. The second-order valence-corrected chi connectivity index (χ2v) is 7.50. The summed E-state index contributed by atoms with van der Waals surface area (Å²) in [5, 5.41) is 2.93. The lowest BCUT2D eigenvalue weighted by Gasteiger charge is -2.20. The van der Waals surface area contributed by atoms with E-state index in [0.717, 1.165) is 6.08 Å². The number of halogens is 2. The highest BCUT2D eigenvalue weighted by molar-refractivity contribution is 5.96. The summed E-state index contributed by atoms with van der Waals surface area (Å²) >= 11 is 0. The fraction of sp³-hybridized carbons (Fsp3) is 0.429. The zero-order chi connectivity index (χ0) is 22.7. The molecule has 0 bridgehead atoms. The highest BCUT2D eigenvalue weighted by atomic mass is 19.1. The number of carbonyl (C=O) groups is 2. The van der Waals surface area contributed by atoms with Crippen LogP contribution in [0.15, 0.2) is 35.1 Å². The summed E-state index contributed by atoms with van der Waals surface area (Å²) in [6, 6.07) is 0. The number of ether oxygens (including phenoxy) is 1. The van der Waals surface area contributed by atoms with Gasteiger partial charge in [0.25, 0.3) is 5.91 Å². The number of methoxy groups -OCH3 is 1. The van der Waals surface area contributed by atoms with E-state index >= 15 is 0 Å². The molecule has 1 aromatic rings. The van der Waals surface area contributed by atoms with Crippen LogP contribution in [0, 0.1) is 5.92 Å². The zero-order valence-electron chi connectivity index (χ0n) is 17.7. The highest BCUT2D eigenvalue weighted by Gasteiger charge is 2.34. The number of primary amides is 1. The summed E-state index contributed by atoms with van der Waals surface area (Å²) in [6.07, 6.45) is 2.53. The summed E-state index contributed by atoms with van der Waals surface area (Å²) in [7, 11) is 3.23. The average Bonchev–Trinajstić information content (AvgIpc) is 3.06. The van der Waals surface area contributed by atoms with Gasteiger partial charge in [0.05, 0.1) is 24.4 Å². The fourth-order valence-corrected chi connectivity index (χ4v) is 3.71. The monoisotopic (exact) mass is 433 g/mol. The number of hydrogen-bond acceptors (Lipinski definition) is 6. The van der Waals surface area contributed by atoms with E-state index in [0.29, 0.717) is 37.4 Å². The molecule has 0 spiro atoms. The van der Waals surface area contributed by atoms with Crippen LogP contribution in [0.3, 0.4) is 0 Å². The van der Waals surface area contributed by atoms with Crippen molar-refractivity contribution in [1.82, 2.24) is 14.9 Å². The third kappa shape index (κ3) is 4.63. The van der Waals surface area contributed by atoms with E-state index in [1.54, 1.807) is 18.9 Å². The molecule has 1 aromatic heterocycles. The predicted molar refractivity (Wildman–Crippen MR) is 111 cm³/mol. The van der Waals surface area contributed by atoms with E-state index in [-0.39, 0.29) is 35.0 Å². The average molecular weight is 433 g/mol. The Hall–Kier alpha value is -3.14. The van der Waals surface area contributed by atoms with E-state index in [9.17, 15) is 18.4 Å². The van der Waals surface area contributed by atoms with E-state index in [1.807, 2.05) is 0 Å². The molecule has 2 amide bonds. The van der Waals surface area contributed by atoms with Gasteiger partial charge in [0, 0.05) is 45.3 Å². The van der Waals surface area contributed by atoms with Crippen molar-refractivity contribution in [3.8, 4) is 0 Å². The number of anilines is 1. The first-order valence-electron chi connectivity index (χ1n) is 9.85. The lowest BCUT2D eigenvalue weighted by molar-refractivity contribution is -0.128. The Balaban J connectivity index is 1.96. The van der Waals surface area contributed by atoms with Crippen LogP contribution in [0.4, 0.5) is 14.5 Å². The van der Waals surface area contributed by atoms with E-state index in [2.05, 4.69) is 15.3 Å². The molecule has 3 rings (SSSR count). The van der Waals surface area contributed by atoms with Crippen LogP contribution in [0.2, 0.25) is 0 Å². The molecule has 0 aromatic carbocycles. The number of rotatable bonds is 7. The van der Waals surface area contributed by atoms with Crippen LogP contribution in [0.1, 0.15) is 36.1 Å². The Morgan fingerprint density at radius 3 is 2.77 bits per heavy atom. The molecule has 1 fully saturated rings. The van der Waals surface area contributed by atoms with Gasteiger partial charge in [0.1, 0.15) is 11.7 Å². The van der Waals surface area contributed by atoms with Crippen LogP contribution in [0.5, 0.6) is 0 Å². The number of nitrogens with two attached hydrogens (primary N) is 1. The van der Waals surface area contributed by atoms with E-state index in [1.165, 1.54) is 13.3 Å². The molecule has 0 radical (unpaired) electrons. The van der Waals surface area contributed by atoms with Crippen LogP contribution in [0.25, 0.3) is 5.57 Å². The van der Waals surface area contributed by atoms with Crippen molar-refractivity contribution in [2.24, 2.45) is 11.7 Å². The summed E-state index contributed by atoms with van der Waals surface area (Å²) in [5.41, 5.74) is 6.43. The van der Waals surface area contributed by atoms with Gasteiger partial charge in [-0.05, 0) is 18.9 Å². The van der Waals surface area contributed by atoms with Crippen molar-refractivity contribution in [2.75, 3.05) is 39.2 Å². The van der Waals surface area contributed by atoms with Crippen molar-refractivity contribution < 1.29 is 23.1 Å². The lowest BCUT2D eigenvalue weighted by atomic mass is 9.87. The number of amides is 2. The molecule has 3 N–H and O–H groups in total. The third-order valence-electron chi connectivity index (χ3n) is 5.52. The Morgan fingerprint density at radius 1 is 1.42 bits per heavy atom. The molecule has 2 aliphatic rings. The van der Waals surface area contributed by atoms with Crippen LogP contribution in [-0.4, -0.2) is 60.5 Å². The zero-order valence-corrected chi connectivity index (χ0v) is 17.7. The van der Waals surface area contributed by atoms with Gasteiger partial charge in [-0.15, -0.1) is 0 Å². The van der Waals surface area contributed by atoms with E-state index < -0.39 is 23.5 Å². The molecule has 8 nitrogen and oxygen atoms in total. The summed E-state index contributed by atoms with van der Waals surface area (Å²) in [4.78, 5) is 34.1. The number of hydrogen-bond donors (Lipinski definition) is 2. The quantitative estimate of drug-likeness (QED) is 0.639. The Kier molecular flexibility index (Phi) is 6.79. The summed E-state index contributed by atoms with van der Waals surface area (Å²) < 4.78 is 34.2. The van der Waals surface area contributed by atoms with Gasteiger partial charge in [-0.25, -0.2) is 18.7 Å². The Bertz CT molecular complexity index is 1000. The molecule has 1 saturated heterocycles. The molecule has 166 valence electrons. The lowest BCUT2D eigenvalue weighted by Crippen LogP contribution is -2.23. The second-order valence-electron chi connectivity index (χ2n) is 7.50. The number of nitrogens with zero attached hydrogens (tertiary/aromatic N) is 3. The first-order valence-corrected chi connectivity index (χ1v) is 9.85. The molecule has 1 aliphatic carbocycles. The molecule has 0 saturated carbocycles. The minimum atomic E-state index is -0.834. The molecule has 2 heterocycles. The topological polar surface area (TPSA) is 110 Å². The minimum Gasteiger partial charge on any atom is -0.383 e. The maximum Gasteiger partial charge on any atom is 0.269 e. The smallest absolute Gasteiger partial charge is 0.269 e. The standard InChI is InChI=1S/C21H25F2N5O3/c1-11(12-4-6-28(2)21(12)30)13-8-14(16(23)9-15(13)22)20-26-10-17(25-5-7-31-3)18(27-20)19(24)29/h9-10,12,25H,4-8H2,1-3H3,(H2,24,29). The molecule has 10 heteroatoms. The van der Waals surface area contributed by atoms with Gasteiger partial charge in [-0.1, -0.05) is 5.57 Å². The van der Waals surface area contributed by atoms with Gasteiger partial charge >= 0.3 is 0 Å². The molecule has 1 aliphatic heterocycles. The van der Waals surface area contributed by atoms with Crippen molar-refractivity contribution in [3.63, 3.8) is 0 Å². The molecule has 1 atom stereocenters. The van der Waals surface area contributed by atoms with Crippen LogP contribution in [-0.2, 0) is 9.53 Å². The van der Waals surface area contributed by atoms with Crippen LogP contribution < -0.4 is 11.1 Å². The van der Waals surface area contributed by atoms with Crippen molar-refractivity contribution in [2.45, 2.75) is 19.8 Å². The summed E-state index contributed by atoms with van der Waals surface area (Å²) in [6.45, 7) is 3.04. The minimum absolute atomic E-state index is 0.0282. The first kappa shape index (κ1) is 22.5. The fourth-order valence-electron chi connectivity index (χ4n) is 3.71. The van der Waals surface area contributed by atoms with Gasteiger partial charge in [0.2, 0.25) is 5.91 Å². The van der Waals surface area contributed by atoms with Gasteiger partial charge in [-0.3, -0.25) is 9.59 Å². The van der Waals surface area contributed by atoms with Crippen molar-refractivity contribution in [1.29, 1.82) is 0 Å². The molecule has 1 unspecified atom stereocenters. The first-order chi connectivity index (χ1) is 14.7. The number of likely N-dealkylation sites (tertiary alicyclic amines) is 1. The Morgan fingerprint density at radius 2 is 2.16 bits per heavy atom. The normalized spacial score (nSPS) is 20.8. The summed E-state index contributed by atoms with van der Waals surface area (Å²) in [5.74, 6) is -2.97. The highest BCUT2D eigenvalue weighted by Crippen LogP contribution is 2.39. The molecular weight excluding hydrogens is 408 g/mol. The number of carbonyl (C=O) groups excluding carboxylic acids is 2. The Labute approximate surface area is 178 Å². The maximum absolute atomic E-state index is 14.7.